The van der Waals surface area contributed by atoms with Crippen molar-refractivity contribution < 1.29 is 14.7 Å². The highest BCUT2D eigenvalue weighted by Crippen LogP contribution is 2.33. The van der Waals surface area contributed by atoms with Crippen LogP contribution in [0.4, 0.5) is 10.5 Å². The normalized spacial score (nSPS) is 21.9. The summed E-state index contributed by atoms with van der Waals surface area (Å²) in [5.41, 5.74) is 1.05. The van der Waals surface area contributed by atoms with E-state index in [1.165, 1.54) is 0 Å². The van der Waals surface area contributed by atoms with Crippen LogP contribution in [0, 0.1) is 12.3 Å². The first-order chi connectivity index (χ1) is 9.97. The Kier molecular flexibility index (Phi) is 4.50. The minimum Gasteiger partial charge on any atom is -0.481 e. The lowest BCUT2D eigenvalue weighted by Crippen LogP contribution is -2.50. The number of hydrogen-bond acceptors (Lipinski definition) is 2. The standard InChI is InChI=1S/C16H22N2O3/c1-3-16(14(19)20)9-4-10-18(11-16)15(21)17-13-7-5-12(2)6-8-13/h5-8H,3-4,9-11H2,1-2H3,(H,17,21)(H,19,20). The maximum Gasteiger partial charge on any atom is 0.321 e. The lowest BCUT2D eigenvalue weighted by molar-refractivity contribution is -0.152. The highest BCUT2D eigenvalue weighted by molar-refractivity contribution is 5.90. The van der Waals surface area contributed by atoms with E-state index < -0.39 is 11.4 Å². The molecule has 1 aromatic carbocycles. The Morgan fingerprint density at radius 2 is 2.00 bits per heavy atom. The summed E-state index contributed by atoms with van der Waals surface area (Å²) in [4.78, 5) is 25.4. The van der Waals surface area contributed by atoms with Crippen molar-refractivity contribution >= 4 is 17.7 Å². The molecule has 114 valence electrons. The third-order valence-corrected chi connectivity index (χ3v) is 4.30. The van der Waals surface area contributed by atoms with Crippen LogP contribution in [0.25, 0.3) is 0 Å². The van der Waals surface area contributed by atoms with Gasteiger partial charge in [-0.2, -0.15) is 0 Å². The predicted octanol–water partition coefficient (Wildman–Crippen LogP) is 3.10. The second kappa shape index (κ2) is 6.16. The summed E-state index contributed by atoms with van der Waals surface area (Å²) in [5.74, 6) is -0.808. The van der Waals surface area contributed by atoms with Gasteiger partial charge < -0.3 is 15.3 Å². The maximum absolute atomic E-state index is 12.3. The molecule has 0 bridgehead atoms. The van der Waals surface area contributed by atoms with Crippen LogP contribution in [0.2, 0.25) is 0 Å². The molecule has 2 rings (SSSR count). The number of nitrogens with one attached hydrogen (secondary N) is 1. The van der Waals surface area contributed by atoms with E-state index >= 15 is 0 Å². The Bertz CT molecular complexity index is 527. The fraction of sp³-hybridized carbons (Fsp3) is 0.500. The van der Waals surface area contributed by atoms with E-state index in [0.717, 1.165) is 17.7 Å². The number of likely N-dealkylation sites (tertiary alicyclic amines) is 1. The smallest absolute Gasteiger partial charge is 0.321 e. The second-order valence-electron chi connectivity index (χ2n) is 5.76. The summed E-state index contributed by atoms with van der Waals surface area (Å²) in [5, 5.41) is 12.3. The van der Waals surface area contributed by atoms with Crippen molar-refractivity contribution in [1.82, 2.24) is 4.90 Å². The van der Waals surface area contributed by atoms with Crippen LogP contribution in [0.3, 0.4) is 0 Å². The van der Waals surface area contributed by atoms with Gasteiger partial charge >= 0.3 is 12.0 Å². The van der Waals surface area contributed by atoms with Gasteiger partial charge in [-0.15, -0.1) is 0 Å². The average Bonchev–Trinajstić information content (AvgIpc) is 2.49. The fourth-order valence-electron chi connectivity index (χ4n) is 2.76. The maximum atomic E-state index is 12.3. The predicted molar refractivity (Wildman–Crippen MR) is 81.4 cm³/mol. The molecule has 1 unspecified atom stereocenters. The summed E-state index contributed by atoms with van der Waals surface area (Å²) in [7, 11) is 0. The van der Waals surface area contributed by atoms with Crippen molar-refractivity contribution in [3.05, 3.63) is 29.8 Å². The fourth-order valence-corrected chi connectivity index (χ4v) is 2.76. The SMILES string of the molecule is CCC1(C(=O)O)CCCN(C(=O)Nc2ccc(C)cc2)C1. The molecule has 0 spiro atoms. The summed E-state index contributed by atoms with van der Waals surface area (Å²) in [6, 6.07) is 7.33. The number of urea groups is 1. The highest BCUT2D eigenvalue weighted by Gasteiger charge is 2.42. The molecule has 1 heterocycles. The van der Waals surface area contributed by atoms with Crippen molar-refractivity contribution in [3.63, 3.8) is 0 Å². The Hall–Kier alpha value is -2.04. The number of hydrogen-bond donors (Lipinski definition) is 2. The first-order valence-corrected chi connectivity index (χ1v) is 7.33. The van der Waals surface area contributed by atoms with Gasteiger partial charge in [0.2, 0.25) is 0 Å². The molecule has 0 aliphatic carbocycles. The Morgan fingerprint density at radius 1 is 1.33 bits per heavy atom. The van der Waals surface area contributed by atoms with E-state index in [-0.39, 0.29) is 12.6 Å². The molecule has 1 fully saturated rings. The number of carboxylic acid groups (broad SMARTS) is 1. The summed E-state index contributed by atoms with van der Waals surface area (Å²) < 4.78 is 0. The molecule has 0 radical (unpaired) electrons. The van der Waals surface area contributed by atoms with Crippen molar-refractivity contribution in [3.8, 4) is 0 Å². The molecule has 1 atom stereocenters. The molecule has 5 nitrogen and oxygen atoms in total. The van der Waals surface area contributed by atoms with E-state index in [4.69, 9.17) is 0 Å². The van der Waals surface area contributed by atoms with Crippen molar-refractivity contribution in [2.24, 2.45) is 5.41 Å². The monoisotopic (exact) mass is 290 g/mol. The molecular formula is C16H22N2O3. The molecule has 0 saturated carbocycles. The summed E-state index contributed by atoms with van der Waals surface area (Å²) >= 11 is 0. The van der Waals surface area contributed by atoms with Gasteiger partial charge in [-0.25, -0.2) is 4.79 Å². The Balaban J connectivity index is 2.05. The van der Waals surface area contributed by atoms with Gasteiger partial charge in [0.15, 0.2) is 0 Å². The van der Waals surface area contributed by atoms with Crippen molar-refractivity contribution in [2.75, 3.05) is 18.4 Å². The van der Waals surface area contributed by atoms with Crippen LogP contribution in [0.5, 0.6) is 0 Å². The van der Waals surface area contributed by atoms with Crippen molar-refractivity contribution in [1.29, 1.82) is 0 Å². The number of carbonyl (C=O) groups is 2. The van der Waals surface area contributed by atoms with Crippen LogP contribution in [0.1, 0.15) is 31.7 Å². The molecule has 1 aliphatic heterocycles. The van der Waals surface area contributed by atoms with Crippen LogP contribution < -0.4 is 5.32 Å². The number of rotatable bonds is 3. The van der Waals surface area contributed by atoms with Gasteiger partial charge in [0.05, 0.1) is 5.41 Å². The zero-order chi connectivity index (χ0) is 15.5. The number of carbonyl (C=O) groups excluding carboxylic acids is 1. The lowest BCUT2D eigenvalue weighted by Gasteiger charge is -2.39. The van der Waals surface area contributed by atoms with Crippen molar-refractivity contribution in [2.45, 2.75) is 33.1 Å². The van der Waals surface area contributed by atoms with Crippen LogP contribution in [-0.2, 0) is 4.79 Å². The lowest BCUT2D eigenvalue weighted by atomic mass is 9.78. The van der Waals surface area contributed by atoms with Gasteiger partial charge in [-0.1, -0.05) is 24.6 Å². The van der Waals surface area contributed by atoms with Gasteiger partial charge in [0.25, 0.3) is 0 Å². The molecular weight excluding hydrogens is 268 g/mol. The zero-order valence-electron chi connectivity index (χ0n) is 12.6. The number of anilines is 1. The number of carboxylic acids is 1. The molecule has 5 heteroatoms. The second-order valence-corrected chi connectivity index (χ2v) is 5.76. The molecule has 1 aliphatic rings. The van der Waals surface area contributed by atoms with E-state index in [2.05, 4.69) is 5.32 Å². The van der Waals surface area contributed by atoms with Gasteiger partial charge in [-0.05, 0) is 38.3 Å². The number of piperidine rings is 1. The van der Waals surface area contributed by atoms with Gasteiger partial charge in [-0.3, -0.25) is 4.79 Å². The topological polar surface area (TPSA) is 69.6 Å². The van der Waals surface area contributed by atoms with E-state index in [1.54, 1.807) is 4.90 Å². The molecule has 1 aromatic rings. The van der Waals surface area contributed by atoms with Crippen LogP contribution in [-0.4, -0.2) is 35.1 Å². The third-order valence-electron chi connectivity index (χ3n) is 4.30. The number of benzene rings is 1. The molecule has 1 saturated heterocycles. The number of amides is 2. The Morgan fingerprint density at radius 3 is 2.57 bits per heavy atom. The first-order valence-electron chi connectivity index (χ1n) is 7.33. The molecule has 2 N–H and O–H groups in total. The highest BCUT2D eigenvalue weighted by atomic mass is 16.4. The van der Waals surface area contributed by atoms with E-state index in [9.17, 15) is 14.7 Å². The average molecular weight is 290 g/mol. The van der Waals surface area contributed by atoms with Crippen LogP contribution in [0.15, 0.2) is 24.3 Å². The van der Waals surface area contributed by atoms with Gasteiger partial charge in [0.1, 0.15) is 0 Å². The van der Waals surface area contributed by atoms with E-state index in [0.29, 0.717) is 19.4 Å². The van der Waals surface area contributed by atoms with Gasteiger partial charge in [0, 0.05) is 18.8 Å². The summed E-state index contributed by atoms with van der Waals surface area (Å²) in [6.07, 6.45) is 1.89. The largest absolute Gasteiger partial charge is 0.481 e. The molecule has 0 aromatic heterocycles. The number of aliphatic carboxylic acids is 1. The minimum absolute atomic E-state index is 0.224. The quantitative estimate of drug-likeness (QED) is 0.898. The molecule has 21 heavy (non-hydrogen) atoms. The van der Waals surface area contributed by atoms with Crippen LogP contribution >= 0.6 is 0 Å². The zero-order valence-corrected chi connectivity index (χ0v) is 12.6. The number of aryl methyl sites for hydroxylation is 1. The number of nitrogens with zero attached hydrogens (tertiary/aromatic N) is 1. The Labute approximate surface area is 125 Å². The summed E-state index contributed by atoms with van der Waals surface area (Å²) in [6.45, 7) is 4.73. The first kappa shape index (κ1) is 15.4. The molecule has 2 amide bonds. The minimum atomic E-state index is -0.808. The third kappa shape index (κ3) is 3.35. The van der Waals surface area contributed by atoms with E-state index in [1.807, 2.05) is 38.1 Å².